The van der Waals surface area contributed by atoms with Crippen molar-refractivity contribution in [2.75, 3.05) is 6.61 Å². The van der Waals surface area contributed by atoms with E-state index in [9.17, 15) is 26.7 Å². The maximum absolute atomic E-state index is 13.0. The number of benzene rings is 3. The average molecular weight is 490 g/mol. The maximum Gasteiger partial charge on any atom is 0.324 e. The minimum Gasteiger partial charge on any atom is -0.480 e. The lowest BCUT2D eigenvalue weighted by atomic mass is 10.2. The molecule has 0 aliphatic carbocycles. The van der Waals surface area contributed by atoms with Crippen LogP contribution in [0, 0.1) is 0 Å². The Labute approximate surface area is 190 Å². The molecule has 0 saturated carbocycles. The van der Waals surface area contributed by atoms with Gasteiger partial charge in [-0.25, -0.2) is 16.8 Å². The number of ether oxygens (including phenoxy) is 2. The summed E-state index contributed by atoms with van der Waals surface area (Å²) in [7, 11) is -8.42. The van der Waals surface area contributed by atoms with Crippen LogP contribution in [-0.2, 0) is 36.0 Å². The van der Waals surface area contributed by atoms with Crippen LogP contribution in [0.25, 0.3) is 0 Å². The molecule has 3 aromatic carbocycles. The average Bonchev–Trinajstić information content (AvgIpc) is 2.79. The SMILES string of the molecule is O=C(O)[C@H](COCc1ccccc1)NS(=O)(=O)c1ccc2c(c1)S(=O)(=O)c1ccccc1O2. The number of sulfonamides is 1. The van der Waals surface area contributed by atoms with Gasteiger partial charge in [0.25, 0.3) is 0 Å². The van der Waals surface area contributed by atoms with Crippen molar-refractivity contribution < 1.29 is 36.2 Å². The molecule has 3 aromatic rings. The molecular formula is C22H19NO8S2. The quantitative estimate of drug-likeness (QED) is 0.385. The van der Waals surface area contributed by atoms with Crippen LogP contribution in [0.15, 0.2) is 87.5 Å². The van der Waals surface area contributed by atoms with Crippen LogP contribution in [0.2, 0.25) is 0 Å². The lowest BCUT2D eigenvalue weighted by Gasteiger charge is -2.21. The van der Waals surface area contributed by atoms with E-state index in [0.29, 0.717) is 0 Å². The highest BCUT2D eigenvalue weighted by molar-refractivity contribution is 7.92. The Morgan fingerprint density at radius 3 is 2.36 bits per heavy atom. The zero-order valence-corrected chi connectivity index (χ0v) is 18.7. The van der Waals surface area contributed by atoms with Crippen LogP contribution in [0.5, 0.6) is 11.5 Å². The molecule has 0 amide bonds. The van der Waals surface area contributed by atoms with Gasteiger partial charge in [0.15, 0.2) is 0 Å². The van der Waals surface area contributed by atoms with Gasteiger partial charge in [0.1, 0.15) is 27.3 Å². The predicted octanol–water partition coefficient (Wildman–Crippen LogP) is 2.57. The predicted molar refractivity (Wildman–Crippen MR) is 116 cm³/mol. The highest BCUT2D eigenvalue weighted by Crippen LogP contribution is 2.43. The van der Waals surface area contributed by atoms with Gasteiger partial charge >= 0.3 is 5.97 Å². The van der Waals surface area contributed by atoms with Crippen LogP contribution in [-0.4, -0.2) is 40.6 Å². The summed E-state index contributed by atoms with van der Waals surface area (Å²) >= 11 is 0. The van der Waals surface area contributed by atoms with Gasteiger partial charge in [-0.2, -0.15) is 4.72 Å². The van der Waals surface area contributed by atoms with E-state index in [2.05, 4.69) is 4.72 Å². The summed E-state index contributed by atoms with van der Waals surface area (Å²) < 4.78 is 64.7. The molecule has 0 saturated heterocycles. The number of carbonyl (C=O) groups is 1. The van der Waals surface area contributed by atoms with Crippen molar-refractivity contribution in [3.05, 3.63) is 78.4 Å². The zero-order valence-electron chi connectivity index (χ0n) is 17.0. The Kier molecular flexibility index (Phi) is 6.21. The smallest absolute Gasteiger partial charge is 0.324 e. The zero-order chi connectivity index (χ0) is 23.6. The van der Waals surface area contributed by atoms with Crippen LogP contribution in [0.3, 0.4) is 0 Å². The fraction of sp³-hybridized carbons (Fsp3) is 0.136. The van der Waals surface area contributed by atoms with Gasteiger partial charge in [-0.1, -0.05) is 42.5 Å². The summed E-state index contributed by atoms with van der Waals surface area (Å²) in [5.41, 5.74) is 0.796. The van der Waals surface area contributed by atoms with Crippen LogP contribution >= 0.6 is 0 Å². The van der Waals surface area contributed by atoms with Gasteiger partial charge in [-0.3, -0.25) is 4.79 Å². The molecule has 1 heterocycles. The fourth-order valence-corrected chi connectivity index (χ4v) is 6.02. The number of hydrogen-bond donors (Lipinski definition) is 2. The van der Waals surface area contributed by atoms with Gasteiger partial charge in [-0.15, -0.1) is 0 Å². The second kappa shape index (κ2) is 8.94. The minimum absolute atomic E-state index is 0.0198. The first kappa shape index (κ1) is 22.9. The van der Waals surface area contributed by atoms with Crippen LogP contribution in [0.4, 0.5) is 0 Å². The Bertz CT molecular complexity index is 1400. The van der Waals surface area contributed by atoms with Gasteiger partial charge in [0.05, 0.1) is 18.1 Å². The normalized spacial score (nSPS) is 15.0. The molecule has 1 aliphatic heterocycles. The van der Waals surface area contributed by atoms with E-state index in [4.69, 9.17) is 9.47 Å². The number of hydrogen-bond acceptors (Lipinski definition) is 7. The number of carboxylic acid groups (broad SMARTS) is 1. The second-order valence-corrected chi connectivity index (χ2v) is 10.8. The van der Waals surface area contributed by atoms with Crippen molar-refractivity contribution in [1.82, 2.24) is 4.72 Å². The Balaban J connectivity index is 1.55. The minimum atomic E-state index is -4.39. The van der Waals surface area contributed by atoms with Gasteiger partial charge in [0, 0.05) is 0 Å². The van der Waals surface area contributed by atoms with E-state index in [1.807, 2.05) is 6.07 Å². The largest absolute Gasteiger partial charge is 0.480 e. The Morgan fingerprint density at radius 1 is 0.970 bits per heavy atom. The van der Waals surface area contributed by atoms with Crippen LogP contribution in [0.1, 0.15) is 5.56 Å². The third-order valence-electron chi connectivity index (χ3n) is 4.87. The maximum atomic E-state index is 13.0. The Morgan fingerprint density at radius 2 is 1.64 bits per heavy atom. The lowest BCUT2D eigenvalue weighted by Crippen LogP contribution is -2.43. The summed E-state index contributed by atoms with van der Waals surface area (Å²) in [5, 5.41) is 9.44. The summed E-state index contributed by atoms with van der Waals surface area (Å²) in [5.74, 6) is -1.32. The number of para-hydroxylation sites is 1. The van der Waals surface area contributed by atoms with Crippen molar-refractivity contribution >= 4 is 25.8 Å². The highest BCUT2D eigenvalue weighted by Gasteiger charge is 2.33. The first-order chi connectivity index (χ1) is 15.7. The van der Waals surface area contributed by atoms with Gasteiger partial charge in [0.2, 0.25) is 19.9 Å². The molecule has 4 rings (SSSR count). The van der Waals surface area contributed by atoms with E-state index in [0.717, 1.165) is 17.7 Å². The van der Waals surface area contributed by atoms with Crippen molar-refractivity contribution in [3.8, 4) is 11.5 Å². The number of rotatable bonds is 8. The summed E-state index contributed by atoms with van der Waals surface area (Å²) in [6, 6.07) is 16.7. The molecule has 172 valence electrons. The van der Waals surface area contributed by atoms with E-state index in [1.165, 1.54) is 24.3 Å². The van der Waals surface area contributed by atoms with Crippen LogP contribution < -0.4 is 9.46 Å². The Hall–Kier alpha value is -3.25. The second-order valence-electron chi connectivity index (χ2n) is 7.17. The summed E-state index contributed by atoms with van der Waals surface area (Å²) in [6.07, 6.45) is 0. The number of fused-ring (bicyclic) bond motifs is 2. The molecule has 0 aromatic heterocycles. The molecule has 11 heteroatoms. The molecule has 1 atom stereocenters. The molecule has 1 aliphatic rings. The van der Waals surface area contributed by atoms with Crippen molar-refractivity contribution in [3.63, 3.8) is 0 Å². The summed E-state index contributed by atoms with van der Waals surface area (Å²) in [6.45, 7) is -0.330. The van der Waals surface area contributed by atoms with Gasteiger partial charge < -0.3 is 14.6 Å². The lowest BCUT2D eigenvalue weighted by molar-refractivity contribution is -0.140. The monoisotopic (exact) mass is 489 g/mol. The standard InChI is InChI=1S/C22H19NO8S2/c24-22(25)17(14-30-13-15-6-2-1-3-7-15)23-33(28,29)16-10-11-19-21(12-16)32(26,27)20-9-5-4-8-18(20)31-19/h1-12,17,23H,13-14H2,(H,24,25)/t17-/m0/s1. The number of carboxylic acids is 1. The molecule has 0 radical (unpaired) electrons. The highest BCUT2D eigenvalue weighted by atomic mass is 32.2. The van der Waals surface area contributed by atoms with Crippen molar-refractivity contribution in [2.45, 2.75) is 27.3 Å². The third-order valence-corrected chi connectivity index (χ3v) is 8.15. The molecule has 0 spiro atoms. The molecule has 0 unspecified atom stereocenters. The van der Waals surface area contributed by atoms with Crippen molar-refractivity contribution in [2.24, 2.45) is 0 Å². The molecule has 0 bridgehead atoms. The van der Waals surface area contributed by atoms with E-state index in [1.54, 1.807) is 30.3 Å². The van der Waals surface area contributed by atoms with Crippen molar-refractivity contribution in [1.29, 1.82) is 0 Å². The molecular weight excluding hydrogens is 470 g/mol. The number of nitrogens with one attached hydrogen (secondary N) is 1. The third kappa shape index (κ3) is 4.76. The first-order valence-corrected chi connectivity index (χ1v) is 12.7. The van der Waals surface area contributed by atoms with E-state index in [-0.39, 0.29) is 27.9 Å². The van der Waals surface area contributed by atoms with Gasteiger partial charge in [-0.05, 0) is 35.9 Å². The molecule has 33 heavy (non-hydrogen) atoms. The molecule has 2 N–H and O–H groups in total. The van der Waals surface area contributed by atoms with E-state index >= 15 is 0 Å². The first-order valence-electron chi connectivity index (χ1n) is 9.71. The topological polar surface area (TPSA) is 136 Å². The number of aliphatic carboxylic acids is 1. The summed E-state index contributed by atoms with van der Waals surface area (Å²) in [4.78, 5) is 10.8. The number of sulfone groups is 1. The molecule has 9 nitrogen and oxygen atoms in total. The fourth-order valence-electron chi connectivity index (χ4n) is 3.22. The van der Waals surface area contributed by atoms with E-state index < -0.39 is 43.4 Å². The molecule has 0 fully saturated rings.